The lowest BCUT2D eigenvalue weighted by Crippen LogP contribution is -2.32. The van der Waals surface area contributed by atoms with E-state index in [9.17, 15) is 0 Å². The first-order valence-electron chi connectivity index (χ1n) is 13.1. The Morgan fingerprint density at radius 2 is 0.933 bits per heavy atom. The molecule has 1 atom stereocenters. The first-order valence-corrected chi connectivity index (χ1v) is 13.1. The van der Waals surface area contributed by atoms with Crippen molar-refractivity contribution in [1.29, 1.82) is 0 Å². The Labute approximate surface area is 187 Å². The molecule has 1 heterocycles. The van der Waals surface area contributed by atoms with Gasteiger partial charge in [0.2, 0.25) is 0 Å². The molecular weight excluding hydrogens is 364 g/mol. The molecule has 2 rings (SSSR count). The SMILES string of the molecule is CCCCCCCCCCCCCN1C=CN(CCCCCC)C1c1ccccc1. The van der Waals surface area contributed by atoms with Gasteiger partial charge in [0.15, 0.2) is 0 Å². The lowest BCUT2D eigenvalue weighted by molar-refractivity contribution is 0.150. The zero-order valence-corrected chi connectivity index (χ0v) is 20.0. The first kappa shape index (κ1) is 24.8. The Kier molecular flexibility index (Phi) is 13.5. The molecule has 0 saturated heterocycles. The van der Waals surface area contributed by atoms with Gasteiger partial charge in [-0.2, -0.15) is 0 Å². The van der Waals surface area contributed by atoms with Crippen LogP contribution >= 0.6 is 0 Å². The fourth-order valence-electron chi connectivity index (χ4n) is 4.61. The highest BCUT2D eigenvalue weighted by atomic mass is 15.4. The highest BCUT2D eigenvalue weighted by molar-refractivity contribution is 5.21. The topological polar surface area (TPSA) is 6.48 Å². The van der Waals surface area contributed by atoms with Crippen molar-refractivity contribution in [2.45, 2.75) is 116 Å². The maximum Gasteiger partial charge on any atom is 0.127 e. The molecule has 170 valence electrons. The van der Waals surface area contributed by atoms with Gasteiger partial charge in [-0.15, -0.1) is 0 Å². The average Bonchev–Trinajstić information content (AvgIpc) is 3.18. The molecule has 0 spiro atoms. The number of hydrogen-bond acceptors (Lipinski definition) is 2. The molecule has 2 nitrogen and oxygen atoms in total. The Morgan fingerprint density at radius 3 is 1.40 bits per heavy atom. The zero-order valence-electron chi connectivity index (χ0n) is 20.0. The lowest BCUT2D eigenvalue weighted by Gasteiger charge is -2.33. The minimum atomic E-state index is 0.399. The van der Waals surface area contributed by atoms with Crippen molar-refractivity contribution in [3.63, 3.8) is 0 Å². The molecule has 0 aromatic heterocycles. The second-order valence-electron chi connectivity index (χ2n) is 9.15. The molecule has 0 N–H and O–H groups in total. The van der Waals surface area contributed by atoms with E-state index in [-0.39, 0.29) is 0 Å². The third-order valence-electron chi connectivity index (χ3n) is 6.47. The van der Waals surface area contributed by atoms with Gasteiger partial charge in [-0.25, -0.2) is 0 Å². The summed E-state index contributed by atoms with van der Waals surface area (Å²) in [4.78, 5) is 5.13. The zero-order chi connectivity index (χ0) is 21.3. The summed E-state index contributed by atoms with van der Waals surface area (Å²) in [6, 6.07) is 11.1. The summed E-state index contributed by atoms with van der Waals surface area (Å²) < 4.78 is 0. The van der Waals surface area contributed by atoms with Gasteiger partial charge in [0, 0.05) is 25.5 Å². The van der Waals surface area contributed by atoms with Gasteiger partial charge in [0.1, 0.15) is 6.17 Å². The van der Waals surface area contributed by atoms with Crippen LogP contribution in [0.3, 0.4) is 0 Å². The van der Waals surface area contributed by atoms with E-state index >= 15 is 0 Å². The van der Waals surface area contributed by atoms with Crippen LogP contribution in [-0.2, 0) is 0 Å². The van der Waals surface area contributed by atoms with E-state index in [1.165, 1.54) is 115 Å². The quantitative estimate of drug-likeness (QED) is 0.222. The second-order valence-corrected chi connectivity index (χ2v) is 9.15. The van der Waals surface area contributed by atoms with Crippen molar-refractivity contribution >= 4 is 0 Å². The van der Waals surface area contributed by atoms with Crippen LogP contribution in [-0.4, -0.2) is 22.9 Å². The first-order chi connectivity index (χ1) is 14.9. The predicted molar refractivity (Wildman–Crippen MR) is 132 cm³/mol. The van der Waals surface area contributed by atoms with Gasteiger partial charge in [-0.1, -0.05) is 128 Å². The summed E-state index contributed by atoms with van der Waals surface area (Å²) in [5, 5.41) is 0. The van der Waals surface area contributed by atoms with E-state index in [2.05, 4.69) is 66.4 Å². The van der Waals surface area contributed by atoms with Crippen molar-refractivity contribution in [2.75, 3.05) is 13.1 Å². The third kappa shape index (κ3) is 9.58. The van der Waals surface area contributed by atoms with Crippen molar-refractivity contribution in [2.24, 2.45) is 0 Å². The number of unbranched alkanes of at least 4 members (excludes halogenated alkanes) is 13. The summed E-state index contributed by atoms with van der Waals surface area (Å²) in [7, 11) is 0. The Hall–Kier alpha value is -1.44. The number of rotatable bonds is 18. The fraction of sp³-hybridized carbons (Fsp3) is 0.714. The molecule has 0 saturated carbocycles. The molecule has 30 heavy (non-hydrogen) atoms. The highest BCUT2D eigenvalue weighted by Crippen LogP contribution is 2.31. The number of benzene rings is 1. The van der Waals surface area contributed by atoms with Crippen molar-refractivity contribution in [1.82, 2.24) is 9.80 Å². The van der Waals surface area contributed by atoms with Crippen molar-refractivity contribution in [3.8, 4) is 0 Å². The standard InChI is InChI=1S/C28H48N2/c1-3-5-7-9-10-11-12-13-14-15-20-24-30-26-25-29(23-19-8-6-4-2)28(30)27-21-17-16-18-22-27/h16-18,21-22,25-26,28H,3-15,19-20,23-24H2,1-2H3. The minimum absolute atomic E-state index is 0.399. The second kappa shape index (κ2) is 16.3. The fourth-order valence-corrected chi connectivity index (χ4v) is 4.61. The van der Waals surface area contributed by atoms with Crippen LogP contribution in [0.25, 0.3) is 0 Å². The molecule has 0 aliphatic carbocycles. The smallest absolute Gasteiger partial charge is 0.127 e. The Bertz CT molecular complexity index is 539. The van der Waals surface area contributed by atoms with Gasteiger partial charge < -0.3 is 9.80 Å². The summed E-state index contributed by atoms with van der Waals surface area (Å²) in [6.45, 7) is 6.94. The molecule has 1 aliphatic heterocycles. The Morgan fingerprint density at radius 1 is 0.533 bits per heavy atom. The van der Waals surface area contributed by atoms with Crippen LogP contribution in [0, 0.1) is 0 Å². The van der Waals surface area contributed by atoms with Gasteiger partial charge in [0.25, 0.3) is 0 Å². The number of hydrogen-bond donors (Lipinski definition) is 0. The van der Waals surface area contributed by atoms with Crippen LogP contribution in [0.4, 0.5) is 0 Å². The predicted octanol–water partition coefficient (Wildman–Crippen LogP) is 8.67. The molecule has 2 heteroatoms. The van der Waals surface area contributed by atoms with E-state index in [0.717, 1.165) is 0 Å². The molecule has 0 radical (unpaired) electrons. The van der Waals surface area contributed by atoms with Crippen molar-refractivity contribution in [3.05, 3.63) is 48.3 Å². The van der Waals surface area contributed by atoms with E-state index in [1.54, 1.807) is 0 Å². The van der Waals surface area contributed by atoms with Gasteiger partial charge >= 0.3 is 0 Å². The molecule has 1 aromatic rings. The minimum Gasteiger partial charge on any atom is -0.352 e. The van der Waals surface area contributed by atoms with E-state index < -0.39 is 0 Å². The Balaban J connectivity index is 1.65. The largest absolute Gasteiger partial charge is 0.352 e. The molecule has 1 unspecified atom stereocenters. The van der Waals surface area contributed by atoms with Crippen molar-refractivity contribution < 1.29 is 0 Å². The van der Waals surface area contributed by atoms with Crippen LogP contribution in [0.5, 0.6) is 0 Å². The normalized spacial score (nSPS) is 16.0. The maximum absolute atomic E-state index is 2.57. The number of nitrogens with zero attached hydrogens (tertiary/aromatic N) is 2. The molecule has 0 amide bonds. The summed E-state index contributed by atoms with van der Waals surface area (Å²) >= 11 is 0. The average molecular weight is 413 g/mol. The van der Waals surface area contributed by atoms with E-state index in [1.807, 2.05) is 0 Å². The maximum atomic E-state index is 2.57. The lowest BCUT2D eigenvalue weighted by atomic mass is 10.1. The van der Waals surface area contributed by atoms with Gasteiger partial charge in [-0.05, 0) is 18.4 Å². The van der Waals surface area contributed by atoms with E-state index in [0.29, 0.717) is 6.17 Å². The molecular formula is C28H48N2. The van der Waals surface area contributed by atoms with Crippen LogP contribution < -0.4 is 0 Å². The van der Waals surface area contributed by atoms with Gasteiger partial charge in [0.05, 0.1) is 0 Å². The molecule has 0 fully saturated rings. The van der Waals surface area contributed by atoms with E-state index in [4.69, 9.17) is 0 Å². The van der Waals surface area contributed by atoms with Crippen LogP contribution in [0.15, 0.2) is 42.7 Å². The summed E-state index contributed by atoms with van der Waals surface area (Å²) in [5.41, 5.74) is 1.43. The third-order valence-corrected chi connectivity index (χ3v) is 6.47. The molecule has 1 aromatic carbocycles. The summed E-state index contributed by atoms with van der Waals surface area (Å²) in [6.07, 6.45) is 25.9. The monoisotopic (exact) mass is 412 g/mol. The summed E-state index contributed by atoms with van der Waals surface area (Å²) in [5.74, 6) is 0. The highest BCUT2D eigenvalue weighted by Gasteiger charge is 2.26. The molecule has 0 bridgehead atoms. The molecule has 1 aliphatic rings. The van der Waals surface area contributed by atoms with Crippen LogP contribution in [0.2, 0.25) is 0 Å². The van der Waals surface area contributed by atoms with Crippen LogP contribution in [0.1, 0.15) is 122 Å². The van der Waals surface area contributed by atoms with Gasteiger partial charge in [-0.3, -0.25) is 0 Å².